The van der Waals surface area contributed by atoms with Gasteiger partial charge in [0.1, 0.15) is 4.21 Å². The summed E-state index contributed by atoms with van der Waals surface area (Å²) < 4.78 is 27.0. The molecule has 136 valence electrons. The van der Waals surface area contributed by atoms with Crippen LogP contribution in [-0.4, -0.2) is 48.8 Å². The Hall–Kier alpha value is -0.570. The number of hydrogen-bond donors (Lipinski definition) is 1. The Kier molecular flexibility index (Phi) is 6.75. The lowest BCUT2D eigenvalue weighted by atomic mass is 9.97. The summed E-state index contributed by atoms with van der Waals surface area (Å²) in [7, 11) is -3.39. The number of hydrogen-bond acceptors (Lipinski definition) is 5. The summed E-state index contributed by atoms with van der Waals surface area (Å²) in [6.07, 6.45) is 1.17. The van der Waals surface area contributed by atoms with Crippen LogP contribution in [0.15, 0.2) is 21.7 Å². The Morgan fingerprint density at radius 1 is 1.38 bits per heavy atom. The largest absolute Gasteiger partial charge is 0.355 e. The van der Waals surface area contributed by atoms with Crippen LogP contribution in [0.2, 0.25) is 0 Å². The van der Waals surface area contributed by atoms with Crippen LogP contribution >= 0.6 is 23.1 Å². The van der Waals surface area contributed by atoms with Crippen molar-refractivity contribution >= 4 is 39.0 Å². The molecule has 0 aliphatic carbocycles. The van der Waals surface area contributed by atoms with Crippen molar-refractivity contribution in [3.63, 3.8) is 0 Å². The van der Waals surface area contributed by atoms with Crippen LogP contribution in [0, 0.1) is 5.92 Å². The molecular weight excluding hydrogens is 364 g/mol. The fourth-order valence-electron chi connectivity index (χ4n) is 2.57. The van der Waals surface area contributed by atoms with Crippen LogP contribution in [0.3, 0.4) is 0 Å². The van der Waals surface area contributed by atoms with Crippen LogP contribution in [0.4, 0.5) is 0 Å². The summed E-state index contributed by atoms with van der Waals surface area (Å²) in [5.74, 6) is 0.859. The normalized spacial score (nSPS) is 17.8. The average molecular weight is 391 g/mol. The number of nitrogens with one attached hydrogen (secondary N) is 1. The van der Waals surface area contributed by atoms with Gasteiger partial charge < -0.3 is 5.32 Å². The number of carbonyl (C=O) groups is 1. The molecule has 0 saturated carbocycles. The summed E-state index contributed by atoms with van der Waals surface area (Å²) in [5, 5.41) is 4.75. The third-order valence-corrected chi connectivity index (χ3v) is 8.40. The molecular formula is C16H26N2O3S3. The highest BCUT2D eigenvalue weighted by atomic mass is 32.2. The highest BCUT2D eigenvalue weighted by Gasteiger charge is 2.32. The summed E-state index contributed by atoms with van der Waals surface area (Å²) in [5.41, 5.74) is 0. The third-order valence-electron chi connectivity index (χ3n) is 3.85. The standard InChI is InChI=1S/C16H26N2O3S3/c1-16(2,3)23-12-8-17-15(19)13-6-9-18(10-7-13)24(20,21)14-5-4-11-22-14/h4-5,11,13H,6-10,12H2,1-3H3,(H,17,19). The van der Waals surface area contributed by atoms with Crippen molar-refractivity contribution in [3.05, 3.63) is 17.5 Å². The van der Waals surface area contributed by atoms with Gasteiger partial charge in [0.2, 0.25) is 5.91 Å². The van der Waals surface area contributed by atoms with Crippen molar-refractivity contribution in [1.82, 2.24) is 9.62 Å². The van der Waals surface area contributed by atoms with Crippen molar-refractivity contribution in [2.24, 2.45) is 5.92 Å². The lowest BCUT2D eigenvalue weighted by Crippen LogP contribution is -2.43. The van der Waals surface area contributed by atoms with E-state index in [0.29, 0.717) is 36.7 Å². The second-order valence-corrected chi connectivity index (χ2v) is 11.9. The number of carbonyl (C=O) groups excluding carboxylic acids is 1. The van der Waals surface area contributed by atoms with Gasteiger partial charge in [-0.3, -0.25) is 4.79 Å². The van der Waals surface area contributed by atoms with E-state index in [2.05, 4.69) is 26.1 Å². The first-order chi connectivity index (χ1) is 11.2. The molecule has 1 aromatic heterocycles. The van der Waals surface area contributed by atoms with E-state index in [1.807, 2.05) is 11.8 Å². The van der Waals surface area contributed by atoms with Gasteiger partial charge in [-0.25, -0.2) is 8.42 Å². The van der Waals surface area contributed by atoms with Gasteiger partial charge in [-0.2, -0.15) is 16.1 Å². The SMILES string of the molecule is CC(C)(C)SCCNC(=O)C1CCN(S(=O)(=O)c2cccs2)CC1. The molecule has 1 amide bonds. The summed E-state index contributed by atoms with van der Waals surface area (Å²) >= 11 is 3.06. The fourth-order valence-corrected chi connectivity index (χ4v) is 6.00. The molecule has 1 aliphatic rings. The van der Waals surface area contributed by atoms with Crippen LogP contribution < -0.4 is 5.32 Å². The zero-order valence-electron chi connectivity index (χ0n) is 14.4. The highest BCUT2D eigenvalue weighted by Crippen LogP contribution is 2.26. The first-order valence-corrected chi connectivity index (χ1v) is 11.5. The number of thioether (sulfide) groups is 1. The molecule has 1 aromatic rings. The van der Waals surface area contributed by atoms with Crippen molar-refractivity contribution in [2.45, 2.75) is 42.6 Å². The van der Waals surface area contributed by atoms with Gasteiger partial charge >= 0.3 is 0 Å². The third kappa shape index (κ3) is 5.47. The van der Waals surface area contributed by atoms with Crippen molar-refractivity contribution in [2.75, 3.05) is 25.4 Å². The quantitative estimate of drug-likeness (QED) is 0.759. The van der Waals surface area contributed by atoms with E-state index in [1.165, 1.54) is 15.6 Å². The molecule has 5 nitrogen and oxygen atoms in total. The lowest BCUT2D eigenvalue weighted by molar-refractivity contribution is -0.125. The number of sulfonamides is 1. The van der Waals surface area contributed by atoms with E-state index in [9.17, 15) is 13.2 Å². The smallest absolute Gasteiger partial charge is 0.252 e. The minimum absolute atomic E-state index is 0.0534. The fraction of sp³-hybridized carbons (Fsp3) is 0.688. The zero-order valence-corrected chi connectivity index (χ0v) is 16.9. The topological polar surface area (TPSA) is 66.5 Å². The predicted octanol–water partition coefficient (Wildman–Crippen LogP) is 2.80. The zero-order chi connectivity index (χ0) is 17.8. The first-order valence-electron chi connectivity index (χ1n) is 8.15. The maximum Gasteiger partial charge on any atom is 0.252 e. The molecule has 0 radical (unpaired) electrons. The molecule has 0 bridgehead atoms. The molecule has 1 aliphatic heterocycles. The molecule has 0 aromatic carbocycles. The molecule has 0 atom stereocenters. The molecule has 1 fully saturated rings. The first kappa shape index (κ1) is 19.8. The summed E-state index contributed by atoms with van der Waals surface area (Å²) in [4.78, 5) is 12.2. The number of thiophene rings is 1. The van der Waals surface area contributed by atoms with E-state index in [-0.39, 0.29) is 16.6 Å². The van der Waals surface area contributed by atoms with Crippen LogP contribution in [-0.2, 0) is 14.8 Å². The highest BCUT2D eigenvalue weighted by molar-refractivity contribution is 8.00. The Labute approximate surface area is 153 Å². The lowest BCUT2D eigenvalue weighted by Gasteiger charge is -2.30. The molecule has 1 saturated heterocycles. The summed E-state index contributed by atoms with van der Waals surface area (Å²) in [6, 6.07) is 3.37. The molecule has 24 heavy (non-hydrogen) atoms. The predicted molar refractivity (Wildman–Crippen MR) is 101 cm³/mol. The second kappa shape index (κ2) is 8.21. The van der Waals surface area contributed by atoms with E-state index < -0.39 is 10.0 Å². The van der Waals surface area contributed by atoms with Crippen molar-refractivity contribution in [3.8, 4) is 0 Å². The molecule has 0 spiro atoms. The molecule has 2 rings (SSSR count). The molecule has 2 heterocycles. The average Bonchev–Trinajstić information content (AvgIpc) is 3.06. The maximum atomic E-state index is 12.5. The monoisotopic (exact) mass is 390 g/mol. The van der Waals surface area contributed by atoms with Crippen LogP contribution in [0.5, 0.6) is 0 Å². The minimum Gasteiger partial charge on any atom is -0.355 e. The van der Waals surface area contributed by atoms with Crippen molar-refractivity contribution < 1.29 is 13.2 Å². The number of piperidine rings is 1. The molecule has 1 N–H and O–H groups in total. The molecule has 0 unspecified atom stereocenters. The Balaban J connectivity index is 1.77. The van der Waals surface area contributed by atoms with E-state index in [4.69, 9.17) is 0 Å². The van der Waals surface area contributed by atoms with Gasteiger partial charge in [-0.15, -0.1) is 11.3 Å². The van der Waals surface area contributed by atoms with Gasteiger partial charge in [-0.05, 0) is 24.3 Å². The van der Waals surface area contributed by atoms with Crippen LogP contribution in [0.1, 0.15) is 33.6 Å². The van der Waals surface area contributed by atoms with E-state index in [0.717, 1.165) is 5.75 Å². The van der Waals surface area contributed by atoms with Crippen molar-refractivity contribution in [1.29, 1.82) is 0 Å². The number of amides is 1. The van der Waals surface area contributed by atoms with Gasteiger partial charge in [0.15, 0.2) is 0 Å². The minimum atomic E-state index is -3.39. The number of rotatable bonds is 6. The maximum absolute atomic E-state index is 12.5. The Bertz CT molecular complexity index is 628. The van der Waals surface area contributed by atoms with Gasteiger partial charge in [-0.1, -0.05) is 26.8 Å². The molecule has 8 heteroatoms. The van der Waals surface area contributed by atoms with E-state index >= 15 is 0 Å². The van der Waals surface area contributed by atoms with Crippen LogP contribution in [0.25, 0.3) is 0 Å². The van der Waals surface area contributed by atoms with Gasteiger partial charge in [0, 0.05) is 36.1 Å². The van der Waals surface area contributed by atoms with E-state index in [1.54, 1.807) is 17.5 Å². The summed E-state index contributed by atoms with van der Waals surface area (Å²) in [6.45, 7) is 7.95. The number of nitrogens with zero attached hydrogens (tertiary/aromatic N) is 1. The van der Waals surface area contributed by atoms with Gasteiger partial charge in [0.05, 0.1) is 0 Å². The Morgan fingerprint density at radius 2 is 2.04 bits per heavy atom. The Morgan fingerprint density at radius 3 is 2.58 bits per heavy atom. The van der Waals surface area contributed by atoms with Gasteiger partial charge in [0.25, 0.3) is 10.0 Å². The second-order valence-electron chi connectivity index (χ2n) is 6.86.